The lowest BCUT2D eigenvalue weighted by Crippen LogP contribution is -2.18. The van der Waals surface area contributed by atoms with Crippen LogP contribution in [0.25, 0.3) is 10.2 Å². The Kier molecular flexibility index (Phi) is 3.21. The van der Waals surface area contributed by atoms with Crippen LogP contribution in [0.15, 0.2) is 18.2 Å². The minimum atomic E-state index is -0.249. The molecule has 4 heteroatoms. The molecule has 0 aliphatic rings. The zero-order chi connectivity index (χ0) is 11.7. The van der Waals surface area contributed by atoms with E-state index in [0.717, 1.165) is 16.1 Å². The van der Waals surface area contributed by atoms with Gasteiger partial charge < -0.3 is 5.73 Å². The Labute approximate surface area is 98.3 Å². The fourth-order valence-electron chi connectivity index (χ4n) is 1.56. The van der Waals surface area contributed by atoms with Crippen molar-refractivity contribution in [3.8, 4) is 0 Å². The number of nitrogens with zero attached hydrogens (tertiary/aromatic N) is 1. The third-order valence-corrected chi connectivity index (χ3v) is 4.05. The summed E-state index contributed by atoms with van der Waals surface area (Å²) in [7, 11) is 0. The molecule has 0 fully saturated rings. The lowest BCUT2D eigenvalue weighted by Gasteiger charge is -2.14. The molecule has 0 radical (unpaired) electrons. The van der Waals surface area contributed by atoms with Crippen molar-refractivity contribution in [1.29, 1.82) is 0 Å². The summed E-state index contributed by atoms with van der Waals surface area (Å²) in [5.41, 5.74) is 6.81. The molecule has 0 saturated heterocycles. The van der Waals surface area contributed by atoms with Gasteiger partial charge in [-0.15, -0.1) is 11.3 Å². The van der Waals surface area contributed by atoms with Gasteiger partial charge in [-0.05, 0) is 18.1 Å². The normalized spacial score (nSPS) is 15.2. The third kappa shape index (κ3) is 2.08. The minimum absolute atomic E-state index is 0.0505. The van der Waals surface area contributed by atoms with E-state index in [2.05, 4.69) is 18.8 Å². The maximum Gasteiger partial charge on any atom is 0.125 e. The molecule has 0 saturated carbocycles. The number of rotatable bonds is 3. The lowest BCUT2D eigenvalue weighted by atomic mass is 10.0. The van der Waals surface area contributed by atoms with Gasteiger partial charge in [0.2, 0.25) is 0 Å². The Morgan fingerprint density at radius 3 is 2.94 bits per heavy atom. The Balaban J connectivity index is 2.39. The Morgan fingerprint density at radius 1 is 1.50 bits per heavy atom. The second kappa shape index (κ2) is 4.47. The van der Waals surface area contributed by atoms with E-state index >= 15 is 0 Å². The molecule has 0 spiro atoms. The summed E-state index contributed by atoms with van der Waals surface area (Å²) in [6, 6.07) is 4.62. The average molecular weight is 238 g/mol. The first-order chi connectivity index (χ1) is 7.61. The van der Waals surface area contributed by atoms with Crippen molar-refractivity contribution in [2.45, 2.75) is 26.3 Å². The van der Waals surface area contributed by atoms with Gasteiger partial charge in [-0.1, -0.05) is 20.3 Å². The van der Waals surface area contributed by atoms with Crippen LogP contribution >= 0.6 is 11.3 Å². The van der Waals surface area contributed by atoms with Crippen LogP contribution in [-0.4, -0.2) is 4.98 Å². The van der Waals surface area contributed by atoms with Gasteiger partial charge in [0.05, 0.1) is 16.3 Å². The number of nitrogens with two attached hydrogens (primary N) is 1. The van der Waals surface area contributed by atoms with Crippen LogP contribution in [0.3, 0.4) is 0 Å². The first-order valence-corrected chi connectivity index (χ1v) is 6.25. The van der Waals surface area contributed by atoms with E-state index < -0.39 is 0 Å². The first-order valence-electron chi connectivity index (χ1n) is 5.43. The predicted octanol–water partition coefficient (Wildman–Crippen LogP) is 3.48. The molecule has 1 aromatic heterocycles. The van der Waals surface area contributed by atoms with Crippen molar-refractivity contribution in [1.82, 2.24) is 4.98 Å². The molecule has 2 aromatic rings. The van der Waals surface area contributed by atoms with E-state index in [9.17, 15) is 4.39 Å². The molecule has 1 heterocycles. The van der Waals surface area contributed by atoms with Crippen molar-refractivity contribution < 1.29 is 4.39 Å². The fraction of sp³-hybridized carbons (Fsp3) is 0.417. The molecular weight excluding hydrogens is 223 g/mol. The van der Waals surface area contributed by atoms with Crippen LogP contribution < -0.4 is 5.73 Å². The zero-order valence-electron chi connectivity index (χ0n) is 9.40. The van der Waals surface area contributed by atoms with Crippen LogP contribution in [0, 0.1) is 11.7 Å². The average Bonchev–Trinajstić information content (AvgIpc) is 2.69. The summed E-state index contributed by atoms with van der Waals surface area (Å²) in [6.07, 6.45) is 1.02. The zero-order valence-corrected chi connectivity index (χ0v) is 10.2. The fourth-order valence-corrected chi connectivity index (χ4v) is 2.64. The minimum Gasteiger partial charge on any atom is -0.322 e. The molecule has 2 N–H and O–H groups in total. The molecule has 0 amide bonds. The van der Waals surface area contributed by atoms with Gasteiger partial charge in [-0.2, -0.15) is 0 Å². The van der Waals surface area contributed by atoms with Gasteiger partial charge in [-0.25, -0.2) is 9.37 Å². The van der Waals surface area contributed by atoms with Crippen molar-refractivity contribution in [3.63, 3.8) is 0 Å². The molecule has 1 aromatic carbocycles. The first kappa shape index (κ1) is 11.5. The van der Waals surface area contributed by atoms with Crippen molar-refractivity contribution in [2.75, 3.05) is 0 Å². The summed E-state index contributed by atoms with van der Waals surface area (Å²) < 4.78 is 14.0. The Morgan fingerprint density at radius 2 is 2.25 bits per heavy atom. The summed E-state index contributed by atoms with van der Waals surface area (Å²) >= 11 is 1.55. The molecule has 2 unspecified atom stereocenters. The second-order valence-corrected chi connectivity index (χ2v) is 5.14. The van der Waals surface area contributed by atoms with Crippen LogP contribution in [-0.2, 0) is 0 Å². The summed E-state index contributed by atoms with van der Waals surface area (Å²) in [4.78, 5) is 4.40. The van der Waals surface area contributed by atoms with Crippen molar-refractivity contribution in [2.24, 2.45) is 11.7 Å². The number of benzene rings is 1. The topological polar surface area (TPSA) is 38.9 Å². The van der Waals surface area contributed by atoms with Gasteiger partial charge >= 0.3 is 0 Å². The highest BCUT2D eigenvalue weighted by molar-refractivity contribution is 7.18. The number of aromatic nitrogens is 1. The number of hydrogen-bond donors (Lipinski definition) is 1. The predicted molar refractivity (Wildman–Crippen MR) is 66.0 cm³/mol. The van der Waals surface area contributed by atoms with E-state index in [1.165, 1.54) is 12.1 Å². The standard InChI is InChI=1S/C12H15FN2S/c1-3-7(2)11(14)12-15-9-6-8(13)4-5-10(9)16-12/h4-7,11H,3,14H2,1-2H3. The lowest BCUT2D eigenvalue weighted by molar-refractivity contribution is 0.456. The van der Waals surface area contributed by atoms with E-state index in [-0.39, 0.29) is 11.9 Å². The van der Waals surface area contributed by atoms with E-state index in [1.807, 2.05) is 0 Å². The highest BCUT2D eigenvalue weighted by atomic mass is 32.1. The molecule has 86 valence electrons. The Hall–Kier alpha value is -1.00. The monoisotopic (exact) mass is 238 g/mol. The highest BCUT2D eigenvalue weighted by Gasteiger charge is 2.17. The van der Waals surface area contributed by atoms with Gasteiger partial charge in [0.15, 0.2) is 0 Å². The quantitative estimate of drug-likeness (QED) is 0.889. The van der Waals surface area contributed by atoms with Crippen LogP contribution in [0.4, 0.5) is 4.39 Å². The van der Waals surface area contributed by atoms with Crippen LogP contribution in [0.2, 0.25) is 0 Å². The summed E-state index contributed by atoms with van der Waals surface area (Å²) in [5.74, 6) is 0.145. The SMILES string of the molecule is CCC(C)C(N)c1nc2cc(F)ccc2s1. The third-order valence-electron chi connectivity index (χ3n) is 2.91. The summed E-state index contributed by atoms with van der Waals surface area (Å²) in [6.45, 7) is 4.22. The molecule has 2 nitrogen and oxygen atoms in total. The maximum absolute atomic E-state index is 13.0. The molecule has 0 bridgehead atoms. The van der Waals surface area contributed by atoms with Crippen LogP contribution in [0.1, 0.15) is 31.3 Å². The second-order valence-electron chi connectivity index (χ2n) is 4.08. The molecule has 2 rings (SSSR count). The molecule has 0 aliphatic heterocycles. The van der Waals surface area contributed by atoms with Gasteiger partial charge in [-0.3, -0.25) is 0 Å². The number of halogens is 1. The van der Waals surface area contributed by atoms with Crippen molar-refractivity contribution in [3.05, 3.63) is 29.0 Å². The van der Waals surface area contributed by atoms with E-state index in [0.29, 0.717) is 11.4 Å². The molecule has 16 heavy (non-hydrogen) atoms. The number of hydrogen-bond acceptors (Lipinski definition) is 3. The van der Waals surface area contributed by atoms with Crippen LogP contribution in [0.5, 0.6) is 0 Å². The van der Waals surface area contributed by atoms with Gasteiger partial charge in [0, 0.05) is 6.07 Å². The highest BCUT2D eigenvalue weighted by Crippen LogP contribution is 2.30. The number of thiazole rings is 1. The van der Waals surface area contributed by atoms with E-state index in [4.69, 9.17) is 5.73 Å². The Bertz CT molecular complexity index is 495. The molecule has 0 aliphatic carbocycles. The smallest absolute Gasteiger partial charge is 0.125 e. The van der Waals surface area contributed by atoms with Gasteiger partial charge in [0.1, 0.15) is 10.8 Å². The maximum atomic E-state index is 13.0. The molecule has 2 atom stereocenters. The van der Waals surface area contributed by atoms with E-state index in [1.54, 1.807) is 17.4 Å². The number of fused-ring (bicyclic) bond motifs is 1. The molecular formula is C12H15FN2S. The van der Waals surface area contributed by atoms with Gasteiger partial charge in [0.25, 0.3) is 0 Å². The summed E-state index contributed by atoms with van der Waals surface area (Å²) in [5, 5.41) is 0.898. The van der Waals surface area contributed by atoms with Crippen molar-refractivity contribution >= 4 is 21.6 Å². The largest absolute Gasteiger partial charge is 0.322 e.